The number of ether oxygens (including phenoxy) is 1. The number of morpholine rings is 1. The lowest BCUT2D eigenvalue weighted by Crippen LogP contribution is -2.45. The summed E-state index contributed by atoms with van der Waals surface area (Å²) in [4.78, 5) is 29.0. The van der Waals surface area contributed by atoms with E-state index in [2.05, 4.69) is 22.3 Å². The Morgan fingerprint density at radius 2 is 1.86 bits per heavy atom. The van der Waals surface area contributed by atoms with Gasteiger partial charge in [-0.25, -0.2) is 0 Å². The molecule has 2 amide bonds. The molecule has 0 aliphatic carbocycles. The zero-order valence-corrected chi connectivity index (χ0v) is 17.7. The number of nitrogens with one attached hydrogen (secondary N) is 1. The van der Waals surface area contributed by atoms with Crippen molar-refractivity contribution in [2.24, 2.45) is 0 Å². The summed E-state index contributed by atoms with van der Waals surface area (Å²) in [5, 5.41) is 6.36. The third-order valence-electron chi connectivity index (χ3n) is 5.18. The van der Waals surface area contributed by atoms with Gasteiger partial charge in [0.15, 0.2) is 5.82 Å². The van der Waals surface area contributed by atoms with Crippen molar-refractivity contribution in [3.05, 3.63) is 12.3 Å². The predicted octanol–water partition coefficient (Wildman–Crippen LogP) is 2.91. The Morgan fingerprint density at radius 1 is 1.14 bits per heavy atom. The smallest absolute Gasteiger partial charge is 0.245 e. The number of aromatic nitrogens is 1. The number of unbranched alkanes of at least 4 members (excludes halogenated alkanes) is 6. The number of hydrogen-bond donors (Lipinski definition) is 1. The molecule has 1 N–H and O–H groups in total. The molecular weight excluding hydrogens is 372 g/mol. The van der Waals surface area contributed by atoms with Gasteiger partial charge in [0.1, 0.15) is 6.26 Å². The van der Waals surface area contributed by atoms with Crippen molar-refractivity contribution < 1.29 is 18.8 Å². The molecule has 0 atom stereocenters. The molecule has 8 heteroatoms. The van der Waals surface area contributed by atoms with E-state index < -0.39 is 0 Å². The van der Waals surface area contributed by atoms with Crippen LogP contribution in [-0.4, -0.2) is 72.7 Å². The van der Waals surface area contributed by atoms with Crippen molar-refractivity contribution in [1.29, 1.82) is 0 Å². The van der Waals surface area contributed by atoms with Gasteiger partial charge in [0, 0.05) is 38.7 Å². The fraction of sp³-hybridized carbons (Fsp3) is 0.762. The minimum Gasteiger partial charge on any atom is -0.379 e. The first-order valence-corrected chi connectivity index (χ1v) is 11.0. The largest absolute Gasteiger partial charge is 0.379 e. The molecule has 0 unspecified atom stereocenters. The van der Waals surface area contributed by atoms with Crippen molar-refractivity contribution in [1.82, 2.24) is 15.0 Å². The monoisotopic (exact) mass is 408 g/mol. The number of carbonyl (C=O) groups excluding carboxylic acids is 2. The van der Waals surface area contributed by atoms with Crippen LogP contribution in [0.2, 0.25) is 0 Å². The van der Waals surface area contributed by atoms with Gasteiger partial charge in [-0.3, -0.25) is 14.5 Å². The summed E-state index contributed by atoms with van der Waals surface area (Å²) in [6.45, 7) is 6.72. The van der Waals surface area contributed by atoms with Crippen LogP contribution in [0, 0.1) is 0 Å². The van der Waals surface area contributed by atoms with Gasteiger partial charge in [-0.1, -0.05) is 50.6 Å². The topological polar surface area (TPSA) is 87.9 Å². The number of anilines is 1. The van der Waals surface area contributed by atoms with Crippen LogP contribution >= 0.6 is 0 Å². The summed E-state index contributed by atoms with van der Waals surface area (Å²) in [6, 6.07) is 1.58. The lowest BCUT2D eigenvalue weighted by Gasteiger charge is -2.30. The highest BCUT2D eigenvalue weighted by Gasteiger charge is 2.19. The number of hydrogen-bond acceptors (Lipinski definition) is 6. The van der Waals surface area contributed by atoms with Gasteiger partial charge in [-0.15, -0.1) is 0 Å². The highest BCUT2D eigenvalue weighted by atomic mass is 16.5. The first-order valence-electron chi connectivity index (χ1n) is 11.0. The maximum absolute atomic E-state index is 12.8. The molecule has 2 rings (SSSR count). The Bertz CT molecular complexity index is 573. The van der Waals surface area contributed by atoms with E-state index in [0.717, 1.165) is 45.7 Å². The second-order valence-electron chi connectivity index (χ2n) is 7.57. The minimum atomic E-state index is -0.256. The molecule has 1 aliphatic heterocycles. The van der Waals surface area contributed by atoms with Gasteiger partial charge in [0.05, 0.1) is 19.8 Å². The fourth-order valence-corrected chi connectivity index (χ4v) is 3.40. The SMILES string of the molecule is CCCCCCCCCC(=O)N(CCN1CCOCC1)CC(=O)Nc1ccon1. The maximum atomic E-state index is 12.8. The lowest BCUT2D eigenvalue weighted by molar-refractivity contribution is -0.135. The maximum Gasteiger partial charge on any atom is 0.245 e. The Balaban J connectivity index is 1.76. The van der Waals surface area contributed by atoms with E-state index in [1.54, 1.807) is 11.0 Å². The van der Waals surface area contributed by atoms with E-state index in [0.29, 0.717) is 18.8 Å². The molecular formula is C21H36N4O4. The average Bonchev–Trinajstić information content (AvgIpc) is 3.24. The van der Waals surface area contributed by atoms with Gasteiger partial charge in [-0.05, 0) is 6.42 Å². The Labute approximate surface area is 173 Å². The van der Waals surface area contributed by atoms with Crippen LogP contribution in [0.25, 0.3) is 0 Å². The summed E-state index contributed by atoms with van der Waals surface area (Å²) >= 11 is 0. The number of nitrogens with zero attached hydrogens (tertiary/aromatic N) is 3. The van der Waals surface area contributed by atoms with E-state index in [1.807, 2.05) is 0 Å². The van der Waals surface area contributed by atoms with Crippen LogP contribution in [0.1, 0.15) is 58.3 Å². The van der Waals surface area contributed by atoms with Gasteiger partial charge < -0.3 is 19.5 Å². The molecule has 1 aromatic heterocycles. The third kappa shape index (κ3) is 9.89. The summed E-state index contributed by atoms with van der Waals surface area (Å²) in [5.41, 5.74) is 0. The van der Waals surface area contributed by atoms with Crippen LogP contribution in [-0.2, 0) is 14.3 Å². The normalized spacial score (nSPS) is 14.7. The van der Waals surface area contributed by atoms with Crippen LogP contribution in [0.5, 0.6) is 0 Å². The molecule has 1 fully saturated rings. The molecule has 1 aromatic rings. The highest BCUT2D eigenvalue weighted by molar-refractivity contribution is 5.93. The molecule has 0 radical (unpaired) electrons. The lowest BCUT2D eigenvalue weighted by atomic mass is 10.1. The van der Waals surface area contributed by atoms with Gasteiger partial charge in [0.25, 0.3) is 0 Å². The molecule has 8 nitrogen and oxygen atoms in total. The number of rotatable bonds is 14. The molecule has 2 heterocycles. The Kier molecular flexibility index (Phi) is 11.4. The molecule has 1 saturated heterocycles. The molecule has 164 valence electrons. The minimum absolute atomic E-state index is 0.0343. The van der Waals surface area contributed by atoms with E-state index >= 15 is 0 Å². The van der Waals surface area contributed by atoms with Gasteiger partial charge >= 0.3 is 0 Å². The van der Waals surface area contributed by atoms with Crippen LogP contribution in [0.15, 0.2) is 16.9 Å². The van der Waals surface area contributed by atoms with E-state index in [4.69, 9.17) is 9.26 Å². The molecule has 0 bridgehead atoms. The molecule has 29 heavy (non-hydrogen) atoms. The summed E-state index contributed by atoms with van der Waals surface area (Å²) in [7, 11) is 0. The van der Waals surface area contributed by atoms with Crippen LogP contribution < -0.4 is 5.32 Å². The molecule has 0 aromatic carbocycles. The summed E-state index contributed by atoms with van der Waals surface area (Å²) < 4.78 is 10.1. The number of carbonyl (C=O) groups is 2. The van der Waals surface area contributed by atoms with E-state index in [-0.39, 0.29) is 18.4 Å². The quantitative estimate of drug-likeness (QED) is 0.476. The Morgan fingerprint density at radius 3 is 2.55 bits per heavy atom. The number of amides is 2. The van der Waals surface area contributed by atoms with Crippen LogP contribution in [0.4, 0.5) is 5.82 Å². The summed E-state index contributed by atoms with van der Waals surface area (Å²) in [6.07, 6.45) is 10.1. The zero-order chi connectivity index (χ0) is 20.7. The first kappa shape index (κ1) is 23.3. The second-order valence-corrected chi connectivity index (χ2v) is 7.57. The molecule has 1 aliphatic rings. The van der Waals surface area contributed by atoms with Gasteiger partial charge in [-0.2, -0.15) is 0 Å². The third-order valence-corrected chi connectivity index (χ3v) is 5.18. The van der Waals surface area contributed by atoms with Crippen molar-refractivity contribution >= 4 is 17.6 Å². The molecule has 0 saturated carbocycles. The van der Waals surface area contributed by atoms with Crippen LogP contribution in [0.3, 0.4) is 0 Å². The van der Waals surface area contributed by atoms with Crippen molar-refractivity contribution in [2.45, 2.75) is 58.3 Å². The fourth-order valence-electron chi connectivity index (χ4n) is 3.40. The Hall–Kier alpha value is -1.93. The second kappa shape index (κ2) is 14.1. The summed E-state index contributed by atoms with van der Waals surface area (Å²) in [5.74, 6) is 0.151. The van der Waals surface area contributed by atoms with E-state index in [9.17, 15) is 9.59 Å². The van der Waals surface area contributed by atoms with Crippen molar-refractivity contribution in [2.75, 3.05) is 51.3 Å². The predicted molar refractivity (Wildman–Crippen MR) is 112 cm³/mol. The zero-order valence-electron chi connectivity index (χ0n) is 17.7. The standard InChI is InChI=1S/C21H36N4O4/c1-2-3-4-5-6-7-8-9-21(27)25(12-11-24-13-16-28-17-14-24)18-20(26)22-19-10-15-29-23-19/h10,15H,2-9,11-14,16-18H2,1H3,(H,22,23,26). The van der Waals surface area contributed by atoms with E-state index in [1.165, 1.54) is 38.4 Å². The molecule has 0 spiro atoms. The van der Waals surface area contributed by atoms with Gasteiger partial charge in [0.2, 0.25) is 11.8 Å². The average molecular weight is 409 g/mol. The van der Waals surface area contributed by atoms with Crippen molar-refractivity contribution in [3.63, 3.8) is 0 Å². The van der Waals surface area contributed by atoms with Crippen molar-refractivity contribution in [3.8, 4) is 0 Å². The first-order chi connectivity index (χ1) is 14.2. The highest BCUT2D eigenvalue weighted by Crippen LogP contribution is 2.10.